The molecule has 0 heterocycles. The van der Waals surface area contributed by atoms with E-state index in [0.717, 1.165) is 83.5 Å². The van der Waals surface area contributed by atoms with Crippen LogP contribution >= 0.6 is 0 Å². The largest absolute Gasteiger partial charge is 0.462 e. The molecule has 6 heteroatoms. The van der Waals surface area contributed by atoms with E-state index in [9.17, 15) is 14.4 Å². The highest BCUT2D eigenvalue weighted by Crippen LogP contribution is 2.15. The molecule has 0 aliphatic heterocycles. The van der Waals surface area contributed by atoms with Gasteiger partial charge in [0.15, 0.2) is 6.10 Å². The topological polar surface area (TPSA) is 78.9 Å². The van der Waals surface area contributed by atoms with Gasteiger partial charge in [-0.2, -0.15) is 0 Å². The van der Waals surface area contributed by atoms with Crippen molar-refractivity contribution in [3.05, 3.63) is 36.5 Å². The smallest absolute Gasteiger partial charge is 0.306 e. The lowest BCUT2D eigenvalue weighted by Crippen LogP contribution is -2.30. The number of carbonyl (C=O) groups is 3. The minimum absolute atomic E-state index is 0.0731. The summed E-state index contributed by atoms with van der Waals surface area (Å²) >= 11 is 0. The lowest BCUT2D eigenvalue weighted by Gasteiger charge is -2.18. The monoisotopic (exact) mass is 815 g/mol. The zero-order chi connectivity index (χ0) is 42.3. The summed E-state index contributed by atoms with van der Waals surface area (Å²) in [7, 11) is 0. The van der Waals surface area contributed by atoms with Gasteiger partial charge in [-0.1, -0.05) is 218 Å². The quantitative estimate of drug-likeness (QED) is 0.0264. The van der Waals surface area contributed by atoms with Gasteiger partial charge in [-0.15, -0.1) is 0 Å². The number of rotatable bonds is 45. The van der Waals surface area contributed by atoms with Crippen molar-refractivity contribution in [3.8, 4) is 0 Å². The summed E-state index contributed by atoms with van der Waals surface area (Å²) in [6.45, 7) is 6.54. The zero-order valence-corrected chi connectivity index (χ0v) is 38.6. The molecule has 0 aromatic heterocycles. The maximum Gasteiger partial charge on any atom is 0.306 e. The molecular weight excluding hydrogens is 721 g/mol. The zero-order valence-electron chi connectivity index (χ0n) is 38.6. The third-order valence-electron chi connectivity index (χ3n) is 10.9. The van der Waals surface area contributed by atoms with Crippen molar-refractivity contribution in [2.75, 3.05) is 13.2 Å². The van der Waals surface area contributed by atoms with Gasteiger partial charge in [0.2, 0.25) is 0 Å². The Morgan fingerprint density at radius 1 is 0.345 bits per heavy atom. The molecule has 58 heavy (non-hydrogen) atoms. The second kappa shape index (κ2) is 47.3. The highest BCUT2D eigenvalue weighted by molar-refractivity contribution is 5.71. The number of hydrogen-bond acceptors (Lipinski definition) is 6. The van der Waals surface area contributed by atoms with Gasteiger partial charge in [0.1, 0.15) is 13.2 Å². The van der Waals surface area contributed by atoms with Crippen LogP contribution in [0.1, 0.15) is 258 Å². The van der Waals surface area contributed by atoms with Gasteiger partial charge in [-0.05, 0) is 57.8 Å². The van der Waals surface area contributed by atoms with Crippen LogP contribution in [0, 0.1) is 0 Å². The summed E-state index contributed by atoms with van der Waals surface area (Å²) in [5.74, 6) is -0.888. The Morgan fingerprint density at radius 3 is 0.966 bits per heavy atom. The van der Waals surface area contributed by atoms with E-state index in [4.69, 9.17) is 14.2 Å². The van der Waals surface area contributed by atoms with Crippen molar-refractivity contribution in [2.45, 2.75) is 264 Å². The normalized spacial score (nSPS) is 12.3. The van der Waals surface area contributed by atoms with Crippen molar-refractivity contribution in [1.82, 2.24) is 0 Å². The maximum absolute atomic E-state index is 12.7. The third kappa shape index (κ3) is 44.7. The summed E-state index contributed by atoms with van der Waals surface area (Å²) in [4.78, 5) is 37.5. The van der Waals surface area contributed by atoms with Gasteiger partial charge in [0.05, 0.1) is 0 Å². The molecule has 0 rings (SSSR count). The van der Waals surface area contributed by atoms with E-state index in [-0.39, 0.29) is 31.1 Å². The SMILES string of the molecule is CCCCCCC/C=C\C/C=C\C/C=C\CCCCCCCCCCC(=O)OCC(COC(=O)CCCCCCC)OC(=O)CCCCCCCCCCCCCC. The maximum atomic E-state index is 12.7. The van der Waals surface area contributed by atoms with Crippen molar-refractivity contribution in [2.24, 2.45) is 0 Å². The van der Waals surface area contributed by atoms with Gasteiger partial charge in [0, 0.05) is 19.3 Å². The van der Waals surface area contributed by atoms with Crippen LogP contribution in [0.15, 0.2) is 36.5 Å². The second-order valence-electron chi connectivity index (χ2n) is 16.7. The number of carbonyl (C=O) groups excluding carboxylic acids is 3. The van der Waals surface area contributed by atoms with E-state index in [2.05, 4.69) is 57.2 Å². The number of unbranched alkanes of at least 4 members (excludes halogenated alkanes) is 28. The fourth-order valence-electron chi connectivity index (χ4n) is 7.10. The lowest BCUT2D eigenvalue weighted by atomic mass is 10.0. The minimum Gasteiger partial charge on any atom is -0.462 e. The molecule has 1 unspecified atom stereocenters. The van der Waals surface area contributed by atoms with Crippen LogP contribution in [0.3, 0.4) is 0 Å². The van der Waals surface area contributed by atoms with Crippen LogP contribution < -0.4 is 0 Å². The van der Waals surface area contributed by atoms with Crippen LogP contribution in [-0.2, 0) is 28.6 Å². The molecule has 0 amide bonds. The summed E-state index contributed by atoms with van der Waals surface area (Å²) in [5, 5.41) is 0. The van der Waals surface area contributed by atoms with Crippen molar-refractivity contribution in [3.63, 3.8) is 0 Å². The molecule has 0 N–H and O–H groups in total. The van der Waals surface area contributed by atoms with Crippen molar-refractivity contribution < 1.29 is 28.6 Å². The lowest BCUT2D eigenvalue weighted by molar-refractivity contribution is -0.167. The fraction of sp³-hybridized carbons (Fsp3) is 0.827. The van der Waals surface area contributed by atoms with E-state index < -0.39 is 6.10 Å². The minimum atomic E-state index is -0.767. The first-order valence-corrected chi connectivity index (χ1v) is 25.0. The highest BCUT2D eigenvalue weighted by atomic mass is 16.6. The third-order valence-corrected chi connectivity index (χ3v) is 10.9. The molecule has 0 spiro atoms. The predicted molar refractivity (Wildman–Crippen MR) is 247 cm³/mol. The number of allylic oxidation sites excluding steroid dienone is 6. The number of hydrogen-bond donors (Lipinski definition) is 0. The average molecular weight is 815 g/mol. The van der Waals surface area contributed by atoms with E-state index in [1.54, 1.807) is 0 Å². The van der Waals surface area contributed by atoms with Gasteiger partial charge in [-0.3, -0.25) is 14.4 Å². The van der Waals surface area contributed by atoms with Crippen LogP contribution in [0.4, 0.5) is 0 Å². The molecule has 0 aliphatic carbocycles. The first-order chi connectivity index (χ1) is 28.5. The summed E-state index contributed by atoms with van der Waals surface area (Å²) in [6, 6.07) is 0. The first kappa shape index (κ1) is 55.6. The van der Waals surface area contributed by atoms with E-state index in [0.29, 0.717) is 19.3 Å². The number of ether oxygens (including phenoxy) is 3. The Kier molecular flexibility index (Phi) is 45.4. The van der Waals surface area contributed by atoms with Gasteiger partial charge in [-0.25, -0.2) is 0 Å². The Labute approximate surface area is 359 Å². The highest BCUT2D eigenvalue weighted by Gasteiger charge is 2.19. The molecule has 0 saturated heterocycles. The second-order valence-corrected chi connectivity index (χ2v) is 16.7. The van der Waals surface area contributed by atoms with Gasteiger partial charge >= 0.3 is 17.9 Å². The molecule has 0 aliphatic rings. The molecule has 0 aromatic carbocycles. The molecule has 1 atom stereocenters. The molecule has 0 saturated carbocycles. The van der Waals surface area contributed by atoms with Crippen molar-refractivity contribution >= 4 is 17.9 Å². The first-order valence-electron chi connectivity index (χ1n) is 25.0. The van der Waals surface area contributed by atoms with E-state index in [1.807, 2.05) is 0 Å². The van der Waals surface area contributed by atoms with Crippen LogP contribution in [-0.4, -0.2) is 37.2 Å². The molecule has 0 bridgehead atoms. The predicted octanol–water partition coefficient (Wildman–Crippen LogP) is 16.1. The summed E-state index contributed by atoms with van der Waals surface area (Å²) < 4.78 is 16.6. The Hall–Kier alpha value is -2.37. The fourth-order valence-corrected chi connectivity index (χ4v) is 7.10. The molecular formula is C52H94O6. The standard InChI is InChI=1S/C52H94O6/c1-4-7-10-13-15-17-19-21-22-23-24-25-26-27-28-29-30-31-33-34-36-39-42-45-51(54)57-48-49(47-56-50(53)44-41-38-12-9-6-3)58-52(55)46-43-40-37-35-32-20-18-16-14-11-8-5-2/h19,21,23-24,26-27,49H,4-18,20,22,25,28-48H2,1-3H3/b21-19-,24-23-,27-26-. The van der Waals surface area contributed by atoms with E-state index in [1.165, 1.54) is 135 Å². The Morgan fingerprint density at radius 2 is 0.621 bits per heavy atom. The van der Waals surface area contributed by atoms with Gasteiger partial charge in [0.25, 0.3) is 0 Å². The average Bonchev–Trinajstić information content (AvgIpc) is 3.22. The Bertz CT molecular complexity index is 984. The molecule has 6 nitrogen and oxygen atoms in total. The number of esters is 3. The van der Waals surface area contributed by atoms with Crippen molar-refractivity contribution in [1.29, 1.82) is 0 Å². The summed E-state index contributed by atoms with van der Waals surface area (Å²) in [5.41, 5.74) is 0. The van der Waals surface area contributed by atoms with Gasteiger partial charge < -0.3 is 14.2 Å². The van der Waals surface area contributed by atoms with E-state index >= 15 is 0 Å². The van der Waals surface area contributed by atoms with Crippen LogP contribution in [0.25, 0.3) is 0 Å². The van der Waals surface area contributed by atoms with Crippen LogP contribution in [0.5, 0.6) is 0 Å². The molecule has 0 fully saturated rings. The Balaban J connectivity index is 4.11. The molecule has 0 aromatic rings. The molecule has 338 valence electrons. The summed E-state index contributed by atoms with van der Waals surface area (Å²) in [6.07, 6.45) is 54.5. The molecule has 0 radical (unpaired) electrons. The van der Waals surface area contributed by atoms with Crippen LogP contribution in [0.2, 0.25) is 0 Å².